The summed E-state index contributed by atoms with van der Waals surface area (Å²) in [6.07, 6.45) is 0. The van der Waals surface area contributed by atoms with E-state index < -0.39 is 16.8 Å². The summed E-state index contributed by atoms with van der Waals surface area (Å²) in [7, 11) is 0. The van der Waals surface area contributed by atoms with Gasteiger partial charge in [0.1, 0.15) is 6.04 Å². The first-order chi connectivity index (χ1) is 9.31. The molecule has 0 aliphatic carbocycles. The van der Waals surface area contributed by atoms with Gasteiger partial charge in [-0.1, -0.05) is 11.6 Å². The van der Waals surface area contributed by atoms with Gasteiger partial charge in [0.25, 0.3) is 0 Å². The van der Waals surface area contributed by atoms with Crippen LogP contribution in [0.5, 0.6) is 11.5 Å². The van der Waals surface area contributed by atoms with E-state index in [9.17, 15) is 4.79 Å². The lowest BCUT2D eigenvalue weighted by Crippen LogP contribution is -2.46. The van der Waals surface area contributed by atoms with Crippen molar-refractivity contribution in [3.8, 4) is 11.5 Å². The molecule has 1 atom stereocenters. The second kappa shape index (κ2) is 5.71. The van der Waals surface area contributed by atoms with Gasteiger partial charge < -0.3 is 20.3 Å². The first kappa shape index (κ1) is 15.3. The third kappa shape index (κ3) is 3.13. The molecule has 2 rings (SSSR count). The molecule has 0 amide bonds. The number of rotatable bonds is 5. The molecule has 1 aliphatic rings. The SMILES string of the molecule is CC(C)(SCc1cc(Cl)c2c(c1)OCO2)[C@H](N)C(=O)O. The maximum absolute atomic E-state index is 11.0. The molecular formula is C13H16ClNO4S. The predicted molar refractivity (Wildman–Crippen MR) is 78.6 cm³/mol. The van der Waals surface area contributed by atoms with Crippen LogP contribution in [-0.4, -0.2) is 28.7 Å². The molecule has 0 saturated heterocycles. The second-order valence-electron chi connectivity index (χ2n) is 5.02. The molecule has 1 aromatic rings. The van der Waals surface area contributed by atoms with Crippen molar-refractivity contribution < 1.29 is 19.4 Å². The second-order valence-corrected chi connectivity index (χ2v) is 7.06. The van der Waals surface area contributed by atoms with Crippen molar-refractivity contribution >= 4 is 29.3 Å². The monoisotopic (exact) mass is 317 g/mol. The first-order valence-corrected chi connectivity index (χ1v) is 7.38. The molecule has 110 valence electrons. The van der Waals surface area contributed by atoms with Gasteiger partial charge in [0.05, 0.1) is 5.02 Å². The summed E-state index contributed by atoms with van der Waals surface area (Å²) in [5, 5.41) is 9.49. The Balaban J connectivity index is 2.08. The predicted octanol–water partition coefficient (Wildman–Crippen LogP) is 2.49. The first-order valence-electron chi connectivity index (χ1n) is 6.01. The fraction of sp³-hybridized carbons (Fsp3) is 0.462. The number of hydrogen-bond donors (Lipinski definition) is 2. The van der Waals surface area contributed by atoms with Crippen LogP contribution in [0.15, 0.2) is 12.1 Å². The number of benzene rings is 1. The minimum Gasteiger partial charge on any atom is -0.480 e. The van der Waals surface area contributed by atoms with E-state index in [-0.39, 0.29) is 6.79 Å². The Morgan fingerprint density at radius 1 is 1.55 bits per heavy atom. The van der Waals surface area contributed by atoms with Gasteiger partial charge >= 0.3 is 5.97 Å². The summed E-state index contributed by atoms with van der Waals surface area (Å²) in [5.41, 5.74) is 6.63. The van der Waals surface area contributed by atoms with Crippen LogP contribution < -0.4 is 15.2 Å². The van der Waals surface area contributed by atoms with Gasteiger partial charge in [-0.05, 0) is 31.5 Å². The van der Waals surface area contributed by atoms with E-state index in [2.05, 4.69) is 0 Å². The van der Waals surface area contributed by atoms with Gasteiger partial charge in [0.2, 0.25) is 6.79 Å². The Kier molecular flexibility index (Phi) is 4.36. The molecule has 0 radical (unpaired) electrons. The van der Waals surface area contributed by atoms with Crippen LogP contribution in [-0.2, 0) is 10.5 Å². The maximum atomic E-state index is 11.0. The van der Waals surface area contributed by atoms with E-state index in [0.29, 0.717) is 22.3 Å². The molecule has 0 unspecified atom stereocenters. The average Bonchev–Trinajstić information content (AvgIpc) is 2.84. The van der Waals surface area contributed by atoms with Crippen molar-refractivity contribution in [3.63, 3.8) is 0 Å². The number of carboxylic acids is 1. The highest BCUT2D eigenvalue weighted by Crippen LogP contribution is 2.41. The van der Waals surface area contributed by atoms with Crippen LogP contribution in [0.3, 0.4) is 0 Å². The number of carboxylic acid groups (broad SMARTS) is 1. The zero-order valence-corrected chi connectivity index (χ0v) is 12.8. The number of ether oxygens (including phenoxy) is 2. The van der Waals surface area contributed by atoms with Crippen molar-refractivity contribution in [1.82, 2.24) is 0 Å². The van der Waals surface area contributed by atoms with Crippen molar-refractivity contribution in [2.45, 2.75) is 30.4 Å². The van der Waals surface area contributed by atoms with Gasteiger partial charge in [-0.25, -0.2) is 0 Å². The number of fused-ring (bicyclic) bond motifs is 1. The quantitative estimate of drug-likeness (QED) is 0.868. The van der Waals surface area contributed by atoms with Gasteiger partial charge in [-0.2, -0.15) is 0 Å². The van der Waals surface area contributed by atoms with Crippen LogP contribution >= 0.6 is 23.4 Å². The lowest BCUT2D eigenvalue weighted by Gasteiger charge is -2.28. The Labute approximate surface area is 126 Å². The molecule has 0 aromatic heterocycles. The zero-order valence-electron chi connectivity index (χ0n) is 11.2. The average molecular weight is 318 g/mol. The van der Waals surface area contributed by atoms with E-state index in [1.54, 1.807) is 6.07 Å². The summed E-state index contributed by atoms with van der Waals surface area (Å²) in [5.74, 6) is 0.756. The minimum atomic E-state index is -1.01. The molecule has 5 nitrogen and oxygen atoms in total. The smallest absolute Gasteiger partial charge is 0.321 e. The molecule has 7 heteroatoms. The molecule has 0 bridgehead atoms. The van der Waals surface area contributed by atoms with E-state index in [1.807, 2.05) is 19.9 Å². The van der Waals surface area contributed by atoms with Crippen molar-refractivity contribution in [2.75, 3.05) is 6.79 Å². The summed E-state index contributed by atoms with van der Waals surface area (Å²) < 4.78 is 9.95. The standard InChI is InChI=1S/C13H16ClNO4S/c1-13(2,11(15)12(16)17)20-5-7-3-8(14)10-9(4-7)18-6-19-10/h3-4,11H,5-6,15H2,1-2H3,(H,16,17)/t11-/m1/s1. The largest absolute Gasteiger partial charge is 0.480 e. The van der Waals surface area contributed by atoms with E-state index in [0.717, 1.165) is 5.56 Å². The summed E-state index contributed by atoms with van der Waals surface area (Å²) in [6, 6.07) is 2.71. The molecule has 20 heavy (non-hydrogen) atoms. The van der Waals surface area contributed by atoms with Gasteiger partial charge in [-0.15, -0.1) is 11.8 Å². The summed E-state index contributed by atoms with van der Waals surface area (Å²) in [6.45, 7) is 3.79. The minimum absolute atomic E-state index is 0.168. The Morgan fingerprint density at radius 2 is 2.25 bits per heavy atom. The normalized spacial score (nSPS) is 15.2. The Morgan fingerprint density at radius 3 is 2.90 bits per heavy atom. The van der Waals surface area contributed by atoms with Crippen molar-refractivity contribution in [3.05, 3.63) is 22.7 Å². The highest BCUT2D eigenvalue weighted by atomic mass is 35.5. The van der Waals surface area contributed by atoms with Gasteiger partial charge in [0.15, 0.2) is 11.5 Å². The molecule has 0 fully saturated rings. The van der Waals surface area contributed by atoms with Crippen LogP contribution in [0.25, 0.3) is 0 Å². The third-order valence-corrected chi connectivity index (χ3v) is 4.87. The van der Waals surface area contributed by atoms with Crippen LogP contribution in [0.4, 0.5) is 0 Å². The molecular weight excluding hydrogens is 302 g/mol. The lowest BCUT2D eigenvalue weighted by atomic mass is 10.1. The van der Waals surface area contributed by atoms with Gasteiger partial charge in [0, 0.05) is 10.5 Å². The van der Waals surface area contributed by atoms with Crippen molar-refractivity contribution in [1.29, 1.82) is 0 Å². The molecule has 1 heterocycles. The lowest BCUT2D eigenvalue weighted by molar-refractivity contribution is -0.139. The third-order valence-electron chi connectivity index (χ3n) is 3.11. The van der Waals surface area contributed by atoms with E-state index in [4.69, 9.17) is 31.9 Å². The zero-order chi connectivity index (χ0) is 14.9. The number of aliphatic carboxylic acids is 1. The molecule has 3 N–H and O–H groups in total. The van der Waals surface area contributed by atoms with E-state index in [1.165, 1.54) is 11.8 Å². The Hall–Kier alpha value is -1.11. The Bertz CT molecular complexity index is 535. The van der Waals surface area contributed by atoms with Crippen molar-refractivity contribution in [2.24, 2.45) is 5.73 Å². The molecule has 0 saturated carbocycles. The number of thioether (sulfide) groups is 1. The maximum Gasteiger partial charge on any atom is 0.321 e. The topological polar surface area (TPSA) is 81.8 Å². The van der Waals surface area contributed by atoms with Gasteiger partial charge in [-0.3, -0.25) is 4.79 Å². The number of hydrogen-bond acceptors (Lipinski definition) is 5. The van der Waals surface area contributed by atoms with Crippen LogP contribution in [0.1, 0.15) is 19.4 Å². The molecule has 1 aromatic carbocycles. The fourth-order valence-corrected chi connectivity index (χ4v) is 3.03. The molecule has 0 spiro atoms. The highest BCUT2D eigenvalue weighted by molar-refractivity contribution is 7.99. The summed E-state index contributed by atoms with van der Waals surface area (Å²) >= 11 is 7.57. The van der Waals surface area contributed by atoms with E-state index >= 15 is 0 Å². The van der Waals surface area contributed by atoms with Crippen LogP contribution in [0, 0.1) is 0 Å². The number of carbonyl (C=O) groups is 1. The highest BCUT2D eigenvalue weighted by Gasteiger charge is 2.32. The summed E-state index contributed by atoms with van der Waals surface area (Å²) in [4.78, 5) is 11.0. The van der Waals surface area contributed by atoms with Crippen LogP contribution in [0.2, 0.25) is 5.02 Å². The number of halogens is 1. The fourth-order valence-electron chi connectivity index (χ4n) is 1.76. The molecule has 1 aliphatic heterocycles. The number of nitrogens with two attached hydrogens (primary N) is 1.